The predicted octanol–water partition coefficient (Wildman–Crippen LogP) is 3.86. The highest BCUT2D eigenvalue weighted by Crippen LogP contribution is 2.36. The van der Waals surface area contributed by atoms with E-state index in [-0.39, 0.29) is 16.7 Å². The van der Waals surface area contributed by atoms with Crippen LogP contribution in [0.15, 0.2) is 42.5 Å². The van der Waals surface area contributed by atoms with Gasteiger partial charge in [-0.3, -0.25) is 4.79 Å². The van der Waals surface area contributed by atoms with Crippen LogP contribution in [-0.4, -0.2) is 25.3 Å². The number of methoxy groups -OCH3 is 1. The molecule has 0 saturated carbocycles. The van der Waals surface area contributed by atoms with Gasteiger partial charge >= 0.3 is 12.3 Å². The smallest absolute Gasteiger partial charge is 0.465 e. The topological polar surface area (TPSA) is 64.6 Å². The number of benzene rings is 2. The molecule has 0 atom stereocenters. The molecule has 5 nitrogen and oxygen atoms in total. The largest absolute Gasteiger partial charge is 0.573 e. The maximum Gasteiger partial charge on any atom is 0.573 e. The minimum atomic E-state index is -4.85. The molecular weight excluding hydrogens is 351 g/mol. The van der Waals surface area contributed by atoms with E-state index in [1.807, 2.05) is 0 Å². The van der Waals surface area contributed by atoms with Gasteiger partial charge < -0.3 is 14.8 Å². The van der Waals surface area contributed by atoms with E-state index < -0.39 is 24.0 Å². The van der Waals surface area contributed by atoms with Gasteiger partial charge in [-0.05, 0) is 24.3 Å². The van der Waals surface area contributed by atoms with Crippen molar-refractivity contribution >= 4 is 29.2 Å². The lowest BCUT2D eigenvalue weighted by atomic mass is 10.0. The molecule has 8 heteroatoms. The highest BCUT2D eigenvalue weighted by atomic mass is 19.4. The first-order chi connectivity index (χ1) is 12.3. The van der Waals surface area contributed by atoms with E-state index in [0.717, 1.165) is 6.07 Å². The van der Waals surface area contributed by atoms with Gasteiger partial charge in [-0.2, -0.15) is 0 Å². The van der Waals surface area contributed by atoms with Crippen molar-refractivity contribution in [2.45, 2.75) is 6.36 Å². The number of amides is 1. The maximum atomic E-state index is 12.5. The summed E-state index contributed by atoms with van der Waals surface area (Å²) >= 11 is 0. The number of hydrogen-bond acceptors (Lipinski definition) is 4. The van der Waals surface area contributed by atoms with E-state index in [1.165, 1.54) is 49.6 Å². The summed E-state index contributed by atoms with van der Waals surface area (Å²) in [6.07, 6.45) is -3.54. The summed E-state index contributed by atoms with van der Waals surface area (Å²) in [4.78, 5) is 23.8. The number of ether oxygens (including phenoxy) is 2. The third-order valence-corrected chi connectivity index (χ3v) is 3.67. The lowest BCUT2D eigenvalue weighted by Gasteiger charge is -2.11. The molecule has 1 aliphatic rings. The number of para-hydroxylation sites is 1. The van der Waals surface area contributed by atoms with Crippen molar-refractivity contribution in [3.63, 3.8) is 0 Å². The molecule has 1 heterocycles. The Morgan fingerprint density at radius 1 is 1.15 bits per heavy atom. The standard InChI is InChI=1S/C18H12F3NO4/c1-25-17(24)11-6-7-12-13(16(23)22-14(12)9-11)8-10-4-2-3-5-15(10)26-18(19,20)21/h2-9H,1H3,(H,22,23)/b13-8+. The second-order valence-electron chi connectivity index (χ2n) is 5.35. The Bertz CT molecular complexity index is 919. The Kier molecular flexibility index (Phi) is 4.41. The van der Waals surface area contributed by atoms with E-state index >= 15 is 0 Å². The number of anilines is 1. The van der Waals surface area contributed by atoms with Gasteiger partial charge in [0.1, 0.15) is 5.75 Å². The van der Waals surface area contributed by atoms with E-state index in [2.05, 4.69) is 14.8 Å². The van der Waals surface area contributed by atoms with Gasteiger partial charge in [0.2, 0.25) is 0 Å². The number of halogens is 3. The van der Waals surface area contributed by atoms with E-state index in [1.54, 1.807) is 0 Å². The zero-order chi connectivity index (χ0) is 18.9. The third-order valence-electron chi connectivity index (χ3n) is 3.67. The van der Waals surface area contributed by atoms with Gasteiger partial charge in [-0.25, -0.2) is 4.79 Å². The molecule has 0 unspecified atom stereocenters. The van der Waals surface area contributed by atoms with Crippen molar-refractivity contribution in [1.29, 1.82) is 0 Å². The zero-order valence-corrected chi connectivity index (χ0v) is 13.4. The maximum absolute atomic E-state index is 12.5. The van der Waals surface area contributed by atoms with Gasteiger partial charge in [0, 0.05) is 22.4 Å². The van der Waals surface area contributed by atoms with Crippen LogP contribution in [0.4, 0.5) is 18.9 Å². The van der Waals surface area contributed by atoms with Crippen LogP contribution in [0.3, 0.4) is 0 Å². The lowest BCUT2D eigenvalue weighted by molar-refractivity contribution is -0.274. The summed E-state index contributed by atoms with van der Waals surface area (Å²) in [5, 5.41) is 2.58. The molecular formula is C18H12F3NO4. The number of rotatable bonds is 3. The molecule has 0 aromatic heterocycles. The first-order valence-electron chi connectivity index (χ1n) is 7.39. The van der Waals surface area contributed by atoms with Crippen LogP contribution in [0.2, 0.25) is 0 Å². The second-order valence-corrected chi connectivity index (χ2v) is 5.35. The fourth-order valence-corrected chi connectivity index (χ4v) is 2.56. The number of alkyl halides is 3. The van der Waals surface area contributed by atoms with Gasteiger partial charge in [0.15, 0.2) is 0 Å². The van der Waals surface area contributed by atoms with E-state index in [9.17, 15) is 22.8 Å². The SMILES string of the molecule is COC(=O)c1ccc2c(c1)NC(=O)/C2=C/c1ccccc1OC(F)(F)F. The Balaban J connectivity index is 2.02. The van der Waals surface area contributed by atoms with Gasteiger partial charge in [0.25, 0.3) is 5.91 Å². The zero-order valence-electron chi connectivity index (χ0n) is 13.4. The number of esters is 1. The summed E-state index contributed by atoms with van der Waals surface area (Å²) in [5.41, 5.74) is 1.34. The fourth-order valence-electron chi connectivity index (χ4n) is 2.56. The summed E-state index contributed by atoms with van der Waals surface area (Å²) < 4.78 is 46.2. The molecule has 1 aliphatic heterocycles. The van der Waals surface area contributed by atoms with Crippen LogP contribution < -0.4 is 10.1 Å². The Labute approximate surface area is 146 Å². The number of fused-ring (bicyclic) bond motifs is 1. The van der Waals surface area contributed by atoms with E-state index in [0.29, 0.717) is 11.3 Å². The first kappa shape index (κ1) is 17.5. The normalized spacial score (nSPS) is 14.8. The molecule has 2 aromatic rings. The van der Waals surface area contributed by atoms with Gasteiger partial charge in [-0.1, -0.05) is 24.3 Å². The molecule has 3 rings (SSSR count). The summed E-state index contributed by atoms with van der Waals surface area (Å²) in [6, 6.07) is 9.93. The first-order valence-corrected chi connectivity index (χ1v) is 7.39. The van der Waals surface area contributed by atoms with Crippen molar-refractivity contribution in [3.05, 3.63) is 59.2 Å². The van der Waals surface area contributed by atoms with Crippen LogP contribution in [0, 0.1) is 0 Å². The van der Waals surface area contributed by atoms with Crippen molar-refractivity contribution < 1.29 is 32.2 Å². The lowest BCUT2D eigenvalue weighted by Crippen LogP contribution is -2.17. The minimum Gasteiger partial charge on any atom is -0.465 e. The van der Waals surface area contributed by atoms with Crippen molar-refractivity contribution in [3.8, 4) is 5.75 Å². The molecule has 0 fully saturated rings. The molecule has 134 valence electrons. The molecule has 1 amide bonds. The molecule has 0 spiro atoms. The number of hydrogen-bond donors (Lipinski definition) is 1. The number of carbonyl (C=O) groups is 2. The molecule has 0 aliphatic carbocycles. The molecule has 1 N–H and O–H groups in total. The van der Waals surface area contributed by atoms with Crippen molar-refractivity contribution in [2.24, 2.45) is 0 Å². The summed E-state index contributed by atoms with van der Waals surface area (Å²) in [5.74, 6) is -1.48. The second kappa shape index (κ2) is 6.55. The van der Waals surface area contributed by atoms with Crippen LogP contribution in [0.1, 0.15) is 21.5 Å². The van der Waals surface area contributed by atoms with Crippen LogP contribution >= 0.6 is 0 Å². The predicted molar refractivity (Wildman–Crippen MR) is 87.4 cm³/mol. The van der Waals surface area contributed by atoms with Crippen molar-refractivity contribution in [2.75, 3.05) is 12.4 Å². The van der Waals surface area contributed by atoms with Crippen molar-refractivity contribution in [1.82, 2.24) is 0 Å². The Morgan fingerprint density at radius 3 is 2.58 bits per heavy atom. The molecule has 0 saturated heterocycles. The monoisotopic (exact) mass is 363 g/mol. The summed E-state index contributed by atoms with van der Waals surface area (Å²) in [6.45, 7) is 0. The molecule has 2 aromatic carbocycles. The third kappa shape index (κ3) is 3.53. The number of carbonyl (C=O) groups excluding carboxylic acids is 2. The molecule has 26 heavy (non-hydrogen) atoms. The fraction of sp³-hybridized carbons (Fsp3) is 0.111. The number of nitrogens with one attached hydrogen (secondary N) is 1. The molecule has 0 bridgehead atoms. The van der Waals surface area contributed by atoms with Gasteiger partial charge in [0.05, 0.1) is 12.7 Å². The molecule has 0 radical (unpaired) electrons. The Morgan fingerprint density at radius 2 is 1.88 bits per heavy atom. The van der Waals surface area contributed by atoms with E-state index in [4.69, 9.17) is 0 Å². The average molecular weight is 363 g/mol. The minimum absolute atomic E-state index is 0.0971. The van der Waals surface area contributed by atoms with Gasteiger partial charge in [-0.15, -0.1) is 13.2 Å². The van der Waals surface area contributed by atoms with Crippen LogP contribution in [-0.2, 0) is 9.53 Å². The highest BCUT2D eigenvalue weighted by Gasteiger charge is 2.32. The quantitative estimate of drug-likeness (QED) is 0.664. The van der Waals surface area contributed by atoms with Crippen LogP contribution in [0.25, 0.3) is 11.6 Å². The average Bonchev–Trinajstić information content (AvgIpc) is 2.89. The summed E-state index contributed by atoms with van der Waals surface area (Å²) in [7, 11) is 1.23. The Hall–Kier alpha value is -3.29. The van der Waals surface area contributed by atoms with Crippen LogP contribution in [0.5, 0.6) is 5.75 Å². The highest BCUT2D eigenvalue weighted by molar-refractivity contribution is 6.35.